The summed E-state index contributed by atoms with van der Waals surface area (Å²) in [6, 6.07) is 10.3. The third-order valence-electron chi connectivity index (χ3n) is 2.39. The number of nitrogens with two attached hydrogens (primary N) is 1. The molecular formula is C15H20ClN. The van der Waals surface area contributed by atoms with Gasteiger partial charge in [0.25, 0.3) is 0 Å². The molecule has 0 aromatic heterocycles. The van der Waals surface area contributed by atoms with Gasteiger partial charge < -0.3 is 5.73 Å². The SMILES string of the molecule is C=C(N)/C(C)=C(/C)C(=C)Cl.Cc1ccccc1. The predicted octanol–water partition coefficient (Wildman–Crippen LogP) is 4.54. The molecule has 1 nitrogen and oxygen atoms in total. The van der Waals surface area contributed by atoms with Crippen LogP contribution in [0.1, 0.15) is 19.4 Å². The summed E-state index contributed by atoms with van der Waals surface area (Å²) >= 11 is 5.62. The molecule has 1 aromatic rings. The van der Waals surface area contributed by atoms with Crippen molar-refractivity contribution in [3.63, 3.8) is 0 Å². The first-order valence-corrected chi connectivity index (χ1v) is 5.72. The Labute approximate surface area is 109 Å². The molecule has 0 aliphatic rings. The lowest BCUT2D eigenvalue weighted by Crippen LogP contribution is -1.98. The lowest BCUT2D eigenvalue weighted by Gasteiger charge is -2.03. The summed E-state index contributed by atoms with van der Waals surface area (Å²) in [6.07, 6.45) is 0. The Morgan fingerprint density at radius 3 is 1.71 bits per heavy atom. The van der Waals surface area contributed by atoms with Crippen molar-refractivity contribution in [3.05, 3.63) is 70.9 Å². The van der Waals surface area contributed by atoms with Crippen LogP contribution in [-0.2, 0) is 0 Å². The lowest BCUT2D eigenvalue weighted by atomic mass is 10.1. The minimum absolute atomic E-state index is 0.518. The molecule has 0 heterocycles. The fraction of sp³-hybridized carbons (Fsp3) is 0.200. The summed E-state index contributed by atoms with van der Waals surface area (Å²) in [4.78, 5) is 0. The first kappa shape index (κ1) is 15.5. The zero-order chi connectivity index (χ0) is 13.4. The van der Waals surface area contributed by atoms with Crippen LogP contribution in [0.4, 0.5) is 0 Å². The largest absolute Gasteiger partial charge is 0.399 e. The van der Waals surface area contributed by atoms with Gasteiger partial charge in [0.1, 0.15) is 0 Å². The van der Waals surface area contributed by atoms with E-state index in [1.54, 1.807) is 0 Å². The summed E-state index contributed by atoms with van der Waals surface area (Å²) < 4.78 is 0. The van der Waals surface area contributed by atoms with Crippen molar-refractivity contribution < 1.29 is 0 Å². The highest BCUT2D eigenvalue weighted by atomic mass is 35.5. The molecule has 17 heavy (non-hydrogen) atoms. The summed E-state index contributed by atoms with van der Waals surface area (Å²) in [5, 5.41) is 0.518. The highest BCUT2D eigenvalue weighted by Crippen LogP contribution is 2.17. The summed E-state index contributed by atoms with van der Waals surface area (Å²) in [5.41, 5.74) is 9.09. The number of allylic oxidation sites excluding steroid dienone is 3. The van der Waals surface area contributed by atoms with Crippen LogP contribution in [0, 0.1) is 6.92 Å². The van der Waals surface area contributed by atoms with Gasteiger partial charge in [-0.05, 0) is 31.9 Å². The lowest BCUT2D eigenvalue weighted by molar-refractivity contribution is 1.24. The van der Waals surface area contributed by atoms with E-state index in [1.807, 2.05) is 32.0 Å². The van der Waals surface area contributed by atoms with Crippen molar-refractivity contribution in [1.82, 2.24) is 0 Å². The molecule has 0 saturated carbocycles. The van der Waals surface area contributed by atoms with Crippen molar-refractivity contribution in [2.45, 2.75) is 20.8 Å². The van der Waals surface area contributed by atoms with Crippen molar-refractivity contribution in [3.8, 4) is 0 Å². The molecule has 0 unspecified atom stereocenters. The van der Waals surface area contributed by atoms with Gasteiger partial charge in [-0.25, -0.2) is 0 Å². The Kier molecular flexibility index (Phi) is 7.08. The van der Waals surface area contributed by atoms with Crippen LogP contribution in [0.2, 0.25) is 0 Å². The second-order valence-corrected chi connectivity index (χ2v) is 4.29. The van der Waals surface area contributed by atoms with E-state index in [4.69, 9.17) is 17.3 Å². The van der Waals surface area contributed by atoms with Crippen LogP contribution in [0.25, 0.3) is 0 Å². The van der Waals surface area contributed by atoms with Crippen molar-refractivity contribution >= 4 is 11.6 Å². The van der Waals surface area contributed by atoms with Crippen LogP contribution >= 0.6 is 11.6 Å². The Hall–Kier alpha value is -1.47. The second kappa shape index (κ2) is 7.75. The Balaban J connectivity index is 0.000000318. The Morgan fingerprint density at radius 2 is 1.53 bits per heavy atom. The first-order valence-electron chi connectivity index (χ1n) is 5.35. The molecule has 0 bridgehead atoms. The van der Waals surface area contributed by atoms with Crippen molar-refractivity contribution in [2.24, 2.45) is 5.73 Å². The Morgan fingerprint density at radius 1 is 1.06 bits per heavy atom. The average Bonchev–Trinajstić information content (AvgIpc) is 2.28. The molecule has 1 rings (SSSR count). The normalized spacial score (nSPS) is 10.8. The second-order valence-electron chi connectivity index (χ2n) is 3.83. The molecule has 0 atom stereocenters. The van der Waals surface area contributed by atoms with Gasteiger partial charge in [-0.3, -0.25) is 0 Å². The average molecular weight is 250 g/mol. The highest BCUT2D eigenvalue weighted by Gasteiger charge is 1.98. The zero-order valence-corrected chi connectivity index (χ0v) is 11.5. The van der Waals surface area contributed by atoms with E-state index < -0.39 is 0 Å². The zero-order valence-electron chi connectivity index (χ0n) is 10.8. The monoisotopic (exact) mass is 249 g/mol. The highest BCUT2D eigenvalue weighted by molar-refractivity contribution is 6.31. The number of hydrogen-bond acceptors (Lipinski definition) is 1. The third kappa shape index (κ3) is 6.64. The number of aryl methyl sites for hydroxylation is 1. The smallest absolute Gasteiger partial charge is 0.0366 e. The molecule has 1 aromatic carbocycles. The minimum Gasteiger partial charge on any atom is -0.399 e. The van der Waals surface area contributed by atoms with Gasteiger partial charge in [0.05, 0.1) is 0 Å². The van der Waals surface area contributed by atoms with E-state index in [1.165, 1.54) is 5.56 Å². The molecule has 0 amide bonds. The van der Waals surface area contributed by atoms with E-state index in [0.29, 0.717) is 10.7 Å². The summed E-state index contributed by atoms with van der Waals surface area (Å²) in [7, 11) is 0. The summed E-state index contributed by atoms with van der Waals surface area (Å²) in [6.45, 7) is 13.0. The molecule has 0 saturated heterocycles. The van der Waals surface area contributed by atoms with Gasteiger partial charge in [-0.15, -0.1) is 0 Å². The van der Waals surface area contributed by atoms with Crippen molar-refractivity contribution in [2.75, 3.05) is 0 Å². The topological polar surface area (TPSA) is 26.0 Å². The van der Waals surface area contributed by atoms with Crippen LogP contribution in [0.3, 0.4) is 0 Å². The van der Waals surface area contributed by atoms with Gasteiger partial charge in [-0.2, -0.15) is 0 Å². The van der Waals surface area contributed by atoms with E-state index in [2.05, 4.69) is 32.2 Å². The third-order valence-corrected chi connectivity index (χ3v) is 2.68. The number of benzene rings is 1. The molecule has 0 radical (unpaired) electrons. The van der Waals surface area contributed by atoms with Crippen LogP contribution in [-0.4, -0.2) is 0 Å². The molecule has 0 fully saturated rings. The fourth-order valence-corrected chi connectivity index (χ4v) is 1.12. The van der Waals surface area contributed by atoms with E-state index >= 15 is 0 Å². The van der Waals surface area contributed by atoms with Gasteiger partial charge in [-0.1, -0.05) is 60.7 Å². The molecule has 0 aliphatic heterocycles. The van der Waals surface area contributed by atoms with E-state index in [9.17, 15) is 0 Å². The standard InChI is InChI=1S/C8H12ClN.C7H8/c1-5(7(3)9)6(2)8(4)10;1-7-5-3-2-4-6-7/h3-4,10H2,1-2H3;2-6H,1H3/b6-5-;. The minimum atomic E-state index is 0.518. The van der Waals surface area contributed by atoms with Crippen LogP contribution < -0.4 is 5.73 Å². The van der Waals surface area contributed by atoms with Crippen molar-refractivity contribution in [1.29, 1.82) is 0 Å². The first-order chi connectivity index (χ1) is 7.86. The molecular weight excluding hydrogens is 230 g/mol. The molecule has 2 heteroatoms. The van der Waals surface area contributed by atoms with Gasteiger partial charge in [0.15, 0.2) is 0 Å². The fourth-order valence-electron chi connectivity index (χ4n) is 0.979. The van der Waals surface area contributed by atoms with Gasteiger partial charge in [0.2, 0.25) is 0 Å². The quantitative estimate of drug-likeness (QED) is 0.765. The molecule has 0 spiro atoms. The van der Waals surface area contributed by atoms with Gasteiger partial charge >= 0.3 is 0 Å². The van der Waals surface area contributed by atoms with Gasteiger partial charge in [0, 0.05) is 10.7 Å². The molecule has 92 valence electrons. The number of rotatable bonds is 2. The van der Waals surface area contributed by atoms with E-state index in [0.717, 1.165) is 11.1 Å². The molecule has 2 N–H and O–H groups in total. The predicted molar refractivity (Wildman–Crippen MR) is 77.9 cm³/mol. The number of hydrogen-bond donors (Lipinski definition) is 1. The maximum atomic E-state index is 5.62. The van der Waals surface area contributed by atoms with Crippen LogP contribution in [0.5, 0.6) is 0 Å². The molecule has 0 aliphatic carbocycles. The summed E-state index contributed by atoms with van der Waals surface area (Å²) in [5.74, 6) is 0. The Bertz CT molecular complexity index is 394. The number of halogens is 1. The van der Waals surface area contributed by atoms with E-state index in [-0.39, 0.29) is 0 Å². The maximum absolute atomic E-state index is 5.62. The maximum Gasteiger partial charge on any atom is 0.0366 e. The van der Waals surface area contributed by atoms with Crippen LogP contribution in [0.15, 0.2) is 65.4 Å².